The van der Waals surface area contributed by atoms with Crippen LogP contribution >= 0.6 is 0 Å². The van der Waals surface area contributed by atoms with Crippen molar-refractivity contribution in [3.8, 4) is 17.2 Å². The van der Waals surface area contributed by atoms with Crippen LogP contribution in [-0.2, 0) is 5.60 Å². The van der Waals surface area contributed by atoms with Gasteiger partial charge in [-0.1, -0.05) is 6.58 Å². The molecule has 0 bridgehead atoms. The van der Waals surface area contributed by atoms with E-state index in [1.54, 1.807) is 6.07 Å². The quantitative estimate of drug-likeness (QED) is 0.705. The van der Waals surface area contributed by atoms with Gasteiger partial charge in [-0.3, -0.25) is 0 Å². The Bertz CT molecular complexity index is 1050. The van der Waals surface area contributed by atoms with E-state index in [0.717, 1.165) is 16.5 Å². The van der Waals surface area contributed by atoms with Crippen LogP contribution in [0.1, 0.15) is 29.9 Å². The highest BCUT2D eigenvalue weighted by atomic mass is 16.5. The first-order valence-electron chi connectivity index (χ1n) is 8.04. The van der Waals surface area contributed by atoms with E-state index in [0.29, 0.717) is 28.4 Å². The Kier molecular flexibility index (Phi) is 2.64. The van der Waals surface area contributed by atoms with E-state index in [2.05, 4.69) is 6.58 Å². The van der Waals surface area contributed by atoms with Gasteiger partial charge < -0.3 is 24.1 Å². The Morgan fingerprint density at radius 3 is 2.84 bits per heavy atom. The number of rotatable bonds is 1. The van der Waals surface area contributed by atoms with Crippen molar-refractivity contribution in [1.82, 2.24) is 0 Å². The third-order valence-corrected chi connectivity index (χ3v) is 4.91. The predicted molar refractivity (Wildman–Crippen MR) is 91.8 cm³/mol. The van der Waals surface area contributed by atoms with Crippen LogP contribution in [-0.4, -0.2) is 16.8 Å². The third-order valence-electron chi connectivity index (χ3n) is 4.91. The molecule has 2 unspecified atom stereocenters. The maximum Gasteiger partial charge on any atom is 0.168 e. The molecule has 2 aliphatic heterocycles. The molecule has 25 heavy (non-hydrogen) atoms. The number of aromatic hydroxyl groups is 1. The SMILES string of the molecule is C=C(C)c1cc2cc3c(cc2o1)OCC1(O)c2ccc(O)cc2OC31. The molecule has 126 valence electrons. The normalized spacial score (nSPS) is 23.4. The van der Waals surface area contributed by atoms with E-state index in [4.69, 9.17) is 13.9 Å². The summed E-state index contributed by atoms with van der Waals surface area (Å²) < 4.78 is 17.6. The number of ether oxygens (including phenoxy) is 2. The average Bonchev–Trinajstić information content (AvgIpc) is 3.11. The highest BCUT2D eigenvalue weighted by molar-refractivity contribution is 5.84. The van der Waals surface area contributed by atoms with Gasteiger partial charge in [0.2, 0.25) is 0 Å². The molecule has 0 amide bonds. The largest absolute Gasteiger partial charge is 0.508 e. The molecule has 5 nitrogen and oxygen atoms in total. The molecule has 0 saturated heterocycles. The van der Waals surface area contributed by atoms with Crippen LogP contribution in [0.15, 0.2) is 47.4 Å². The van der Waals surface area contributed by atoms with E-state index >= 15 is 0 Å². The van der Waals surface area contributed by atoms with Crippen molar-refractivity contribution in [1.29, 1.82) is 0 Å². The molecule has 1 aromatic heterocycles. The fraction of sp³-hybridized carbons (Fsp3) is 0.200. The average molecular weight is 336 g/mol. The van der Waals surface area contributed by atoms with Gasteiger partial charge in [-0.25, -0.2) is 0 Å². The fourth-order valence-corrected chi connectivity index (χ4v) is 3.62. The molecule has 0 fully saturated rings. The van der Waals surface area contributed by atoms with Gasteiger partial charge in [-0.15, -0.1) is 0 Å². The van der Waals surface area contributed by atoms with Crippen LogP contribution in [0.25, 0.3) is 16.5 Å². The van der Waals surface area contributed by atoms with Crippen molar-refractivity contribution < 1.29 is 24.1 Å². The van der Waals surface area contributed by atoms with Gasteiger partial charge in [0.15, 0.2) is 11.7 Å². The molecular weight excluding hydrogens is 320 g/mol. The van der Waals surface area contributed by atoms with Crippen LogP contribution in [0, 0.1) is 0 Å². The van der Waals surface area contributed by atoms with Crippen LogP contribution in [0.2, 0.25) is 0 Å². The Morgan fingerprint density at radius 2 is 2.04 bits per heavy atom. The Balaban J connectivity index is 1.68. The highest BCUT2D eigenvalue weighted by Gasteiger charge is 2.53. The van der Waals surface area contributed by atoms with Crippen LogP contribution in [0.5, 0.6) is 17.2 Å². The molecule has 5 rings (SSSR count). The number of phenols is 1. The molecule has 0 aliphatic carbocycles. The Hall–Kier alpha value is -2.92. The summed E-state index contributed by atoms with van der Waals surface area (Å²) >= 11 is 0. The van der Waals surface area contributed by atoms with E-state index in [1.807, 2.05) is 25.1 Å². The molecule has 3 heterocycles. The van der Waals surface area contributed by atoms with Gasteiger partial charge in [-0.2, -0.15) is 0 Å². The van der Waals surface area contributed by atoms with Gasteiger partial charge in [0.25, 0.3) is 0 Å². The molecule has 2 N–H and O–H groups in total. The summed E-state index contributed by atoms with van der Waals surface area (Å²) in [5.41, 5.74) is 1.63. The van der Waals surface area contributed by atoms with E-state index in [9.17, 15) is 10.2 Å². The molecule has 0 saturated carbocycles. The lowest BCUT2D eigenvalue weighted by Gasteiger charge is -2.34. The topological polar surface area (TPSA) is 72.1 Å². The first-order valence-corrected chi connectivity index (χ1v) is 8.04. The lowest BCUT2D eigenvalue weighted by atomic mass is 9.84. The molecule has 2 aromatic carbocycles. The maximum absolute atomic E-state index is 11.2. The number of furan rings is 1. The molecule has 3 aromatic rings. The number of hydrogen-bond donors (Lipinski definition) is 2. The number of hydrogen-bond acceptors (Lipinski definition) is 5. The van der Waals surface area contributed by atoms with Gasteiger partial charge in [0.1, 0.15) is 35.2 Å². The molecule has 5 heteroatoms. The van der Waals surface area contributed by atoms with Crippen LogP contribution in [0.3, 0.4) is 0 Å². The molecule has 2 atom stereocenters. The summed E-state index contributed by atoms with van der Waals surface area (Å²) in [5.74, 6) is 1.91. The first-order chi connectivity index (χ1) is 12.0. The molecule has 2 aliphatic rings. The summed E-state index contributed by atoms with van der Waals surface area (Å²) in [7, 11) is 0. The predicted octanol–water partition coefficient (Wildman–Crippen LogP) is 3.89. The van der Waals surface area contributed by atoms with Gasteiger partial charge in [0.05, 0.1) is 0 Å². The Labute approximate surface area is 143 Å². The summed E-state index contributed by atoms with van der Waals surface area (Å²) in [4.78, 5) is 0. The van der Waals surface area contributed by atoms with Crippen LogP contribution in [0.4, 0.5) is 0 Å². The summed E-state index contributed by atoms with van der Waals surface area (Å²) in [6.45, 7) is 5.86. The highest BCUT2D eigenvalue weighted by Crippen LogP contribution is 2.54. The van der Waals surface area contributed by atoms with E-state index in [-0.39, 0.29) is 12.4 Å². The van der Waals surface area contributed by atoms with Crippen molar-refractivity contribution in [3.05, 3.63) is 59.9 Å². The lowest BCUT2D eigenvalue weighted by molar-refractivity contribution is -0.0862. The minimum atomic E-state index is -1.29. The third kappa shape index (κ3) is 1.87. The second-order valence-electron chi connectivity index (χ2n) is 6.71. The van der Waals surface area contributed by atoms with Gasteiger partial charge >= 0.3 is 0 Å². The van der Waals surface area contributed by atoms with Crippen molar-refractivity contribution in [3.63, 3.8) is 0 Å². The molecular formula is C20H16O5. The first kappa shape index (κ1) is 14.4. The van der Waals surface area contributed by atoms with Crippen molar-refractivity contribution in [2.24, 2.45) is 0 Å². The second-order valence-corrected chi connectivity index (χ2v) is 6.71. The number of aliphatic hydroxyl groups is 1. The zero-order chi connectivity index (χ0) is 17.3. The van der Waals surface area contributed by atoms with Crippen molar-refractivity contribution >= 4 is 16.5 Å². The van der Waals surface area contributed by atoms with Crippen LogP contribution < -0.4 is 9.47 Å². The van der Waals surface area contributed by atoms with Gasteiger partial charge in [0, 0.05) is 28.6 Å². The molecule has 0 radical (unpaired) electrons. The standard InChI is InChI=1S/C20H16O5/c1-10(2)15-6-11-5-13-17(8-16(11)24-15)23-9-20(22)14-4-3-12(21)7-18(14)25-19(13)20/h3-8,19,21-22H,1,9H2,2H3. The zero-order valence-corrected chi connectivity index (χ0v) is 13.6. The lowest BCUT2D eigenvalue weighted by Crippen LogP contribution is -2.41. The van der Waals surface area contributed by atoms with Gasteiger partial charge in [-0.05, 0) is 36.8 Å². The fourth-order valence-electron chi connectivity index (χ4n) is 3.62. The van der Waals surface area contributed by atoms with Crippen molar-refractivity contribution in [2.45, 2.75) is 18.6 Å². The number of phenolic OH excluding ortho intramolecular Hbond substituents is 1. The zero-order valence-electron chi connectivity index (χ0n) is 13.6. The maximum atomic E-state index is 11.2. The molecule has 0 spiro atoms. The number of fused-ring (bicyclic) bond motifs is 6. The minimum absolute atomic E-state index is 0.0714. The summed E-state index contributed by atoms with van der Waals surface area (Å²) in [6.07, 6.45) is -0.597. The minimum Gasteiger partial charge on any atom is -0.508 e. The van der Waals surface area contributed by atoms with E-state index < -0.39 is 11.7 Å². The summed E-state index contributed by atoms with van der Waals surface area (Å²) in [6, 6.07) is 10.4. The number of allylic oxidation sites excluding steroid dienone is 1. The summed E-state index contributed by atoms with van der Waals surface area (Å²) in [5, 5.41) is 21.8. The smallest absolute Gasteiger partial charge is 0.168 e. The van der Waals surface area contributed by atoms with E-state index in [1.165, 1.54) is 12.1 Å². The van der Waals surface area contributed by atoms with Crippen molar-refractivity contribution in [2.75, 3.05) is 6.61 Å². The monoisotopic (exact) mass is 336 g/mol. The second kappa shape index (κ2) is 4.58. The Morgan fingerprint density at radius 1 is 1.20 bits per heavy atom. The number of benzene rings is 2.